The van der Waals surface area contributed by atoms with E-state index in [1.54, 1.807) is 6.07 Å². The molecule has 1 aliphatic rings. The summed E-state index contributed by atoms with van der Waals surface area (Å²) in [5.41, 5.74) is -0.741. The van der Waals surface area contributed by atoms with Gasteiger partial charge in [0.15, 0.2) is 0 Å². The van der Waals surface area contributed by atoms with Crippen LogP contribution in [-0.4, -0.2) is 20.6 Å². The molecule has 2 rings (SSSR count). The van der Waals surface area contributed by atoms with Crippen LogP contribution in [-0.2, 0) is 20.2 Å². The van der Waals surface area contributed by atoms with Crippen LogP contribution in [0.5, 0.6) is 0 Å². The summed E-state index contributed by atoms with van der Waals surface area (Å²) in [5, 5.41) is 0. The van der Waals surface area contributed by atoms with Crippen LogP contribution < -0.4 is 4.72 Å². The zero-order valence-corrected chi connectivity index (χ0v) is 10.1. The van der Waals surface area contributed by atoms with E-state index in [1.807, 2.05) is 4.72 Å². The van der Waals surface area contributed by atoms with Crippen LogP contribution in [0.3, 0.4) is 0 Å². The Hall–Kier alpha value is -1.43. The number of nitrogens with one attached hydrogen (secondary N) is 1. The van der Waals surface area contributed by atoms with Crippen molar-refractivity contribution >= 4 is 15.9 Å². The minimum absolute atomic E-state index is 0.265. The predicted molar refractivity (Wildman–Crippen MR) is 60.3 cm³/mol. The Morgan fingerprint density at radius 3 is 2.41 bits per heavy atom. The van der Waals surface area contributed by atoms with Gasteiger partial charge >= 0.3 is 0 Å². The molecule has 1 N–H and O–H groups in total. The highest BCUT2D eigenvalue weighted by molar-refractivity contribution is 7.89. The molecule has 0 aromatic heterocycles. The molecule has 0 heterocycles. The zero-order chi connectivity index (χ0) is 12.7. The second-order valence-corrected chi connectivity index (χ2v) is 6.01. The number of rotatable bonds is 3. The smallest absolute Gasteiger partial charge is 0.244 e. The van der Waals surface area contributed by atoms with Crippen molar-refractivity contribution in [1.29, 1.82) is 0 Å². The fourth-order valence-corrected chi connectivity index (χ4v) is 2.39. The second kappa shape index (κ2) is 3.80. The van der Waals surface area contributed by atoms with Crippen molar-refractivity contribution in [3.05, 3.63) is 35.6 Å². The van der Waals surface area contributed by atoms with Crippen LogP contribution in [0.4, 0.5) is 4.39 Å². The standard InChI is InChI=1S/C11H12FNO3S/c1-17(15,16)13-10(14)11(6-7-11)8-4-2-3-5-9(8)12/h2-5H,6-7H2,1H3,(H,13,14). The highest BCUT2D eigenvalue weighted by Crippen LogP contribution is 2.49. The van der Waals surface area contributed by atoms with Crippen molar-refractivity contribution in [3.63, 3.8) is 0 Å². The molecule has 1 saturated carbocycles. The van der Waals surface area contributed by atoms with Gasteiger partial charge in [0.2, 0.25) is 15.9 Å². The van der Waals surface area contributed by atoms with E-state index >= 15 is 0 Å². The van der Waals surface area contributed by atoms with E-state index in [2.05, 4.69) is 0 Å². The van der Waals surface area contributed by atoms with E-state index in [0.29, 0.717) is 12.8 Å². The molecule has 0 unspecified atom stereocenters. The average molecular weight is 257 g/mol. The van der Waals surface area contributed by atoms with Crippen molar-refractivity contribution in [2.75, 3.05) is 6.26 Å². The van der Waals surface area contributed by atoms with E-state index < -0.39 is 27.2 Å². The van der Waals surface area contributed by atoms with Gasteiger partial charge in [0.1, 0.15) is 5.82 Å². The highest BCUT2D eigenvalue weighted by atomic mass is 32.2. The second-order valence-electron chi connectivity index (χ2n) is 4.27. The van der Waals surface area contributed by atoms with E-state index in [-0.39, 0.29) is 5.56 Å². The van der Waals surface area contributed by atoms with E-state index in [1.165, 1.54) is 18.2 Å². The predicted octanol–water partition coefficient (Wildman–Crippen LogP) is 0.933. The number of hydrogen-bond acceptors (Lipinski definition) is 3. The average Bonchev–Trinajstić information content (AvgIpc) is 2.96. The SMILES string of the molecule is CS(=O)(=O)NC(=O)C1(c2ccccc2F)CC1. The Kier molecular flexibility index (Phi) is 2.69. The van der Waals surface area contributed by atoms with Gasteiger partial charge in [-0.1, -0.05) is 18.2 Å². The summed E-state index contributed by atoms with van der Waals surface area (Å²) in [6, 6.07) is 5.95. The third-order valence-electron chi connectivity index (χ3n) is 2.85. The van der Waals surface area contributed by atoms with Crippen LogP contribution >= 0.6 is 0 Å². The fourth-order valence-electron chi connectivity index (χ4n) is 1.86. The fraction of sp³-hybridized carbons (Fsp3) is 0.364. The molecule has 0 atom stereocenters. The first-order valence-corrected chi connectivity index (χ1v) is 7.01. The molecule has 0 radical (unpaired) electrons. The summed E-state index contributed by atoms with van der Waals surface area (Å²) in [4.78, 5) is 11.8. The molecule has 1 fully saturated rings. The third kappa shape index (κ3) is 2.31. The van der Waals surface area contributed by atoms with E-state index in [4.69, 9.17) is 0 Å². The number of halogens is 1. The van der Waals surface area contributed by atoms with Gasteiger partial charge in [0, 0.05) is 5.56 Å². The molecule has 0 saturated heterocycles. The van der Waals surface area contributed by atoms with Gasteiger partial charge < -0.3 is 0 Å². The number of carbonyl (C=O) groups is 1. The summed E-state index contributed by atoms with van der Waals surface area (Å²) >= 11 is 0. The first kappa shape index (κ1) is 12.0. The third-order valence-corrected chi connectivity index (χ3v) is 3.41. The maximum atomic E-state index is 13.6. The lowest BCUT2D eigenvalue weighted by molar-refractivity contribution is -0.121. The summed E-state index contributed by atoms with van der Waals surface area (Å²) in [6.45, 7) is 0. The van der Waals surface area contributed by atoms with Crippen LogP contribution in [0.2, 0.25) is 0 Å². The number of carbonyl (C=O) groups excluding carboxylic acids is 1. The van der Waals surface area contributed by atoms with Crippen LogP contribution in [0.25, 0.3) is 0 Å². The first-order valence-electron chi connectivity index (χ1n) is 5.12. The lowest BCUT2D eigenvalue weighted by Gasteiger charge is -2.15. The van der Waals surface area contributed by atoms with Crippen LogP contribution in [0.1, 0.15) is 18.4 Å². The van der Waals surface area contributed by atoms with Crippen molar-refractivity contribution in [2.45, 2.75) is 18.3 Å². The van der Waals surface area contributed by atoms with Gasteiger partial charge in [-0.05, 0) is 18.9 Å². The molecule has 1 aromatic rings. The van der Waals surface area contributed by atoms with Crippen LogP contribution in [0, 0.1) is 5.82 Å². The highest BCUT2D eigenvalue weighted by Gasteiger charge is 2.53. The summed E-state index contributed by atoms with van der Waals surface area (Å²) < 4.78 is 37.5. The minimum Gasteiger partial charge on any atom is -0.273 e. The van der Waals surface area contributed by atoms with E-state index in [0.717, 1.165) is 6.26 Å². The van der Waals surface area contributed by atoms with Gasteiger partial charge in [-0.3, -0.25) is 9.52 Å². The summed E-state index contributed by atoms with van der Waals surface area (Å²) in [5.74, 6) is -1.13. The molecule has 4 nitrogen and oxygen atoms in total. The van der Waals surface area contributed by atoms with Gasteiger partial charge in [-0.15, -0.1) is 0 Å². The molecule has 0 aliphatic heterocycles. The zero-order valence-electron chi connectivity index (χ0n) is 9.23. The molecule has 0 bridgehead atoms. The Labute approximate surface area is 98.9 Å². The first-order chi connectivity index (χ1) is 7.85. The largest absolute Gasteiger partial charge is 0.273 e. The lowest BCUT2D eigenvalue weighted by atomic mass is 9.95. The molecular formula is C11H12FNO3S. The van der Waals surface area contributed by atoms with Crippen LogP contribution in [0.15, 0.2) is 24.3 Å². The molecule has 0 spiro atoms. The Morgan fingerprint density at radius 2 is 1.94 bits per heavy atom. The molecule has 1 amide bonds. The molecular weight excluding hydrogens is 245 g/mol. The molecule has 1 aliphatic carbocycles. The maximum absolute atomic E-state index is 13.6. The summed E-state index contributed by atoms with van der Waals surface area (Å²) in [7, 11) is -3.61. The minimum atomic E-state index is -3.61. The number of benzene rings is 1. The van der Waals surface area contributed by atoms with E-state index in [9.17, 15) is 17.6 Å². The lowest BCUT2D eigenvalue weighted by Crippen LogP contribution is -2.38. The van der Waals surface area contributed by atoms with Crippen molar-refractivity contribution in [1.82, 2.24) is 4.72 Å². The Bertz CT molecular complexity index is 564. The topological polar surface area (TPSA) is 63.2 Å². The Morgan fingerprint density at radius 1 is 1.35 bits per heavy atom. The van der Waals surface area contributed by atoms with Gasteiger partial charge in [-0.2, -0.15) is 0 Å². The monoisotopic (exact) mass is 257 g/mol. The van der Waals surface area contributed by atoms with Gasteiger partial charge in [0.05, 0.1) is 11.7 Å². The number of hydrogen-bond donors (Lipinski definition) is 1. The maximum Gasteiger partial charge on any atom is 0.244 e. The van der Waals surface area contributed by atoms with Crippen molar-refractivity contribution in [3.8, 4) is 0 Å². The summed E-state index contributed by atoms with van der Waals surface area (Å²) in [6.07, 6.45) is 1.84. The molecule has 6 heteroatoms. The number of sulfonamides is 1. The molecule has 92 valence electrons. The quantitative estimate of drug-likeness (QED) is 0.876. The number of amides is 1. The molecule has 1 aromatic carbocycles. The van der Waals surface area contributed by atoms with Crippen molar-refractivity contribution < 1.29 is 17.6 Å². The molecule has 17 heavy (non-hydrogen) atoms. The Balaban J connectivity index is 2.33. The van der Waals surface area contributed by atoms with Gasteiger partial charge in [0.25, 0.3) is 0 Å². The van der Waals surface area contributed by atoms with Crippen molar-refractivity contribution in [2.24, 2.45) is 0 Å². The normalized spacial score (nSPS) is 17.5. The van der Waals surface area contributed by atoms with Gasteiger partial charge in [-0.25, -0.2) is 12.8 Å².